The molecule has 0 unspecified atom stereocenters. The van der Waals surface area contributed by atoms with Crippen LogP contribution in [-0.4, -0.2) is 4.57 Å². The van der Waals surface area contributed by atoms with Crippen LogP contribution in [0.15, 0.2) is 321 Å². The molecular formula is C77H53N3. The van der Waals surface area contributed by atoms with Gasteiger partial charge in [-0.05, 0) is 146 Å². The van der Waals surface area contributed by atoms with Crippen LogP contribution in [0.5, 0.6) is 0 Å². The highest BCUT2D eigenvalue weighted by Gasteiger charge is 2.46. The smallest absolute Gasteiger partial charge is 0.0714 e. The molecule has 1 heterocycles. The van der Waals surface area contributed by atoms with Crippen LogP contribution in [0.3, 0.4) is 0 Å². The topological polar surface area (TPSA) is 11.4 Å². The minimum atomic E-state index is -0.656. The van der Waals surface area contributed by atoms with E-state index < -0.39 is 5.41 Å². The second-order valence-electron chi connectivity index (χ2n) is 20.5. The van der Waals surface area contributed by atoms with E-state index >= 15 is 0 Å². The number of benzene rings is 13. The van der Waals surface area contributed by atoms with Crippen molar-refractivity contribution >= 4 is 66.7 Å². The molecule has 1 aliphatic carbocycles. The SMILES string of the molecule is [2H]c1c([2H])c(N(c2ccccc2)c2ccc(-c3ccccc3)cc2)c([2H])c([2H])c1-c1cccc2c(N(c3ccc4c(c3)C(c3ccccc3)(c3ccccc3)c3ccccc3-4)c3ccc4c5ccccc5n(-c5ccccc5)c4c3)cccc12. The van der Waals surface area contributed by atoms with Gasteiger partial charge in [-0.2, -0.15) is 0 Å². The Morgan fingerprint density at radius 2 is 0.800 bits per heavy atom. The molecule has 80 heavy (non-hydrogen) atoms. The Morgan fingerprint density at radius 1 is 0.287 bits per heavy atom. The molecule has 0 radical (unpaired) electrons. The Labute approximate surface area is 472 Å². The Balaban J connectivity index is 0.953. The lowest BCUT2D eigenvalue weighted by Crippen LogP contribution is -2.28. The molecule has 1 aliphatic rings. The van der Waals surface area contributed by atoms with E-state index in [9.17, 15) is 5.48 Å². The monoisotopic (exact) mass is 1020 g/mol. The Hall–Kier alpha value is -10.5. The van der Waals surface area contributed by atoms with Crippen molar-refractivity contribution in [1.29, 1.82) is 0 Å². The van der Waals surface area contributed by atoms with Gasteiger partial charge in [0.05, 0.1) is 27.6 Å². The van der Waals surface area contributed by atoms with Crippen molar-refractivity contribution in [3.8, 4) is 39.1 Å². The highest BCUT2D eigenvalue weighted by molar-refractivity contribution is 6.12. The van der Waals surface area contributed by atoms with E-state index in [2.05, 4.69) is 216 Å². The van der Waals surface area contributed by atoms with E-state index in [1.807, 2.05) is 95.9 Å². The molecule has 0 saturated heterocycles. The molecule has 14 aromatic rings. The molecule has 0 aliphatic heterocycles. The maximum absolute atomic E-state index is 9.95. The number of rotatable bonds is 11. The van der Waals surface area contributed by atoms with Crippen LogP contribution < -0.4 is 9.80 Å². The van der Waals surface area contributed by atoms with Crippen molar-refractivity contribution in [2.24, 2.45) is 0 Å². The van der Waals surface area contributed by atoms with Gasteiger partial charge in [0.15, 0.2) is 0 Å². The molecule has 0 spiro atoms. The predicted octanol–water partition coefficient (Wildman–Crippen LogP) is 20.6. The van der Waals surface area contributed by atoms with Gasteiger partial charge in [0.25, 0.3) is 0 Å². The lowest BCUT2D eigenvalue weighted by Gasteiger charge is -2.35. The molecule has 0 saturated carbocycles. The van der Waals surface area contributed by atoms with Gasteiger partial charge >= 0.3 is 0 Å². The second kappa shape index (κ2) is 19.5. The fourth-order valence-electron chi connectivity index (χ4n) is 12.6. The van der Waals surface area contributed by atoms with Crippen LogP contribution in [0.25, 0.3) is 71.6 Å². The average Bonchev–Trinajstić information content (AvgIpc) is 1.66. The van der Waals surface area contributed by atoms with Crippen molar-refractivity contribution in [2.75, 3.05) is 9.80 Å². The van der Waals surface area contributed by atoms with Gasteiger partial charge in [-0.25, -0.2) is 0 Å². The van der Waals surface area contributed by atoms with Crippen LogP contribution >= 0.6 is 0 Å². The molecule has 376 valence electrons. The van der Waals surface area contributed by atoms with Crippen LogP contribution in [0, 0.1) is 0 Å². The van der Waals surface area contributed by atoms with E-state index in [0.29, 0.717) is 11.3 Å². The number of nitrogens with zero attached hydrogens (tertiary/aromatic N) is 3. The summed E-state index contributed by atoms with van der Waals surface area (Å²) < 4.78 is 42.0. The van der Waals surface area contributed by atoms with Crippen molar-refractivity contribution in [1.82, 2.24) is 4.57 Å². The predicted molar refractivity (Wildman–Crippen MR) is 336 cm³/mol. The van der Waals surface area contributed by atoms with Crippen LogP contribution in [0.4, 0.5) is 34.1 Å². The summed E-state index contributed by atoms with van der Waals surface area (Å²) in [5.41, 5.74) is 17.0. The first-order valence-electron chi connectivity index (χ1n) is 29.3. The number of aromatic nitrogens is 1. The van der Waals surface area contributed by atoms with Gasteiger partial charge < -0.3 is 14.4 Å². The number of para-hydroxylation sites is 3. The van der Waals surface area contributed by atoms with Crippen molar-refractivity contribution < 1.29 is 5.48 Å². The standard InChI is InChI=1S/C77H53N3/c1-6-22-54(23-7-1)55-40-44-61(45-41-55)78(59-28-12-4-13-29-59)62-46-42-56(43-47-62)65-34-20-36-69-66(65)35-21-39-74(69)79(64-49-51-71-70-33-17-19-38-75(70)80(76(71)53-64)60-30-14-5-15-31-60)63-48-50-68-67-32-16-18-37-72(67)77(73(68)52-63,57-24-8-2-9-25-57)58-26-10-3-11-27-58/h1-53H/i42D,43D,46D,47D. The van der Waals surface area contributed by atoms with Crippen molar-refractivity contribution in [3.63, 3.8) is 0 Å². The molecule has 15 rings (SSSR count). The van der Waals surface area contributed by atoms with Crippen LogP contribution in [0.2, 0.25) is 0 Å². The third kappa shape index (κ3) is 7.66. The lowest BCUT2D eigenvalue weighted by molar-refractivity contribution is 0.768. The third-order valence-corrected chi connectivity index (χ3v) is 16.1. The summed E-state index contributed by atoms with van der Waals surface area (Å²) in [7, 11) is 0. The van der Waals surface area contributed by atoms with Gasteiger partial charge in [-0.15, -0.1) is 0 Å². The molecule has 0 atom stereocenters. The zero-order valence-corrected chi connectivity index (χ0v) is 43.6. The third-order valence-electron chi connectivity index (χ3n) is 16.1. The molecule has 0 fully saturated rings. The molecular weight excluding hydrogens is 967 g/mol. The Bertz CT molecular complexity index is 4750. The number of hydrogen-bond donors (Lipinski definition) is 0. The number of anilines is 6. The highest BCUT2D eigenvalue weighted by Crippen LogP contribution is 2.58. The molecule has 1 aromatic heterocycles. The summed E-state index contributed by atoms with van der Waals surface area (Å²) in [4.78, 5) is 4.20. The van der Waals surface area contributed by atoms with E-state index in [4.69, 9.17) is 0 Å². The molecule has 13 aromatic carbocycles. The summed E-state index contributed by atoms with van der Waals surface area (Å²) in [5, 5.41) is 3.97. The first-order chi connectivity index (χ1) is 41.4. The molecule has 0 amide bonds. The number of fused-ring (bicyclic) bond motifs is 7. The molecule has 0 bridgehead atoms. The second-order valence-corrected chi connectivity index (χ2v) is 20.5. The normalized spacial score (nSPS) is 13.1. The zero-order chi connectivity index (χ0) is 56.5. The summed E-state index contributed by atoms with van der Waals surface area (Å²) in [6, 6.07) is 103. The Kier molecular flexibility index (Phi) is 10.4. The van der Waals surface area contributed by atoms with Crippen molar-refractivity contribution in [3.05, 3.63) is 344 Å². The lowest BCUT2D eigenvalue weighted by atomic mass is 9.67. The summed E-state index contributed by atoms with van der Waals surface area (Å²) in [6.07, 6.45) is 0. The molecule has 3 heteroatoms. The maximum Gasteiger partial charge on any atom is 0.0714 e. The maximum atomic E-state index is 9.95. The van der Waals surface area contributed by atoms with E-state index in [-0.39, 0.29) is 35.4 Å². The van der Waals surface area contributed by atoms with Gasteiger partial charge in [0, 0.05) is 50.3 Å². The zero-order valence-electron chi connectivity index (χ0n) is 47.6. The van der Waals surface area contributed by atoms with Gasteiger partial charge in [0.2, 0.25) is 0 Å². The minimum absolute atomic E-state index is 0.127. The summed E-state index contributed by atoms with van der Waals surface area (Å²) in [6.45, 7) is 0. The van der Waals surface area contributed by atoms with Gasteiger partial charge in [-0.3, -0.25) is 0 Å². The highest BCUT2D eigenvalue weighted by atomic mass is 15.2. The van der Waals surface area contributed by atoms with Gasteiger partial charge in [-0.1, -0.05) is 237 Å². The first-order valence-corrected chi connectivity index (χ1v) is 27.3. The van der Waals surface area contributed by atoms with E-state index in [1.54, 1.807) is 0 Å². The Morgan fingerprint density at radius 3 is 1.54 bits per heavy atom. The summed E-state index contributed by atoms with van der Waals surface area (Å²) >= 11 is 0. The van der Waals surface area contributed by atoms with Crippen molar-refractivity contribution in [2.45, 2.75) is 5.41 Å². The number of hydrogen-bond acceptors (Lipinski definition) is 2. The fourth-order valence-corrected chi connectivity index (χ4v) is 12.6. The quantitative estimate of drug-likeness (QED) is 0.128. The van der Waals surface area contributed by atoms with E-state index in [0.717, 1.165) is 72.1 Å². The van der Waals surface area contributed by atoms with Gasteiger partial charge in [0.1, 0.15) is 0 Å². The van der Waals surface area contributed by atoms with Crippen LogP contribution in [0.1, 0.15) is 27.7 Å². The minimum Gasteiger partial charge on any atom is -0.311 e. The fraction of sp³-hybridized carbons (Fsp3) is 0.0130. The summed E-state index contributed by atoms with van der Waals surface area (Å²) in [5.74, 6) is 0. The average molecular weight is 1020 g/mol. The molecule has 0 N–H and O–H groups in total. The van der Waals surface area contributed by atoms with E-state index in [1.165, 1.54) is 33.4 Å². The van der Waals surface area contributed by atoms with Crippen LogP contribution in [-0.2, 0) is 5.41 Å². The molecule has 3 nitrogen and oxygen atoms in total. The largest absolute Gasteiger partial charge is 0.311 e. The first kappa shape index (κ1) is 42.6.